The maximum absolute atomic E-state index is 13.7. The molecule has 1 aromatic heterocycles. The zero-order valence-corrected chi connectivity index (χ0v) is 18.6. The van der Waals surface area contributed by atoms with E-state index in [2.05, 4.69) is 20.1 Å². The molecule has 2 amide bonds. The molecule has 0 bridgehead atoms. The molecule has 1 saturated carbocycles. The van der Waals surface area contributed by atoms with Crippen LogP contribution < -0.4 is 5.32 Å². The van der Waals surface area contributed by atoms with Gasteiger partial charge in [0.05, 0.1) is 18.1 Å². The standard InChI is InChI=1S/C24H25ClFN5O/c1-16-28-29-22(31(16)15-17-7-9-19(25)10-8-17)21-6-3-13-30(21)23(32)27-24(11-12-24)18-4-2-5-20(26)14-18/h2,4-5,7-10,14,21H,3,6,11-13,15H2,1H3,(H,27,32). The van der Waals surface area contributed by atoms with E-state index >= 15 is 0 Å². The van der Waals surface area contributed by atoms with Crippen LogP contribution in [0.5, 0.6) is 0 Å². The van der Waals surface area contributed by atoms with Crippen molar-refractivity contribution in [2.24, 2.45) is 0 Å². The average Bonchev–Trinajstić information content (AvgIpc) is 3.23. The molecule has 0 spiro atoms. The second kappa shape index (κ2) is 8.20. The van der Waals surface area contributed by atoms with E-state index in [1.54, 1.807) is 6.07 Å². The molecule has 1 aliphatic carbocycles. The lowest BCUT2D eigenvalue weighted by Gasteiger charge is -2.28. The van der Waals surface area contributed by atoms with Gasteiger partial charge in [-0.05, 0) is 68.0 Å². The van der Waals surface area contributed by atoms with Gasteiger partial charge in [0.2, 0.25) is 0 Å². The van der Waals surface area contributed by atoms with Crippen LogP contribution in [-0.4, -0.2) is 32.2 Å². The summed E-state index contributed by atoms with van der Waals surface area (Å²) in [5.74, 6) is 1.31. The van der Waals surface area contributed by atoms with E-state index in [-0.39, 0.29) is 17.9 Å². The van der Waals surface area contributed by atoms with E-state index in [1.807, 2.05) is 42.2 Å². The Bertz CT molecular complexity index is 1140. The van der Waals surface area contributed by atoms with Crippen molar-refractivity contribution < 1.29 is 9.18 Å². The van der Waals surface area contributed by atoms with E-state index < -0.39 is 5.54 Å². The predicted molar refractivity (Wildman–Crippen MR) is 120 cm³/mol. The highest BCUT2D eigenvalue weighted by atomic mass is 35.5. The van der Waals surface area contributed by atoms with Gasteiger partial charge in [0.15, 0.2) is 5.82 Å². The fourth-order valence-electron chi connectivity index (χ4n) is 4.56. The molecule has 2 aromatic carbocycles. The number of urea groups is 1. The van der Waals surface area contributed by atoms with Crippen LogP contribution in [0.2, 0.25) is 5.02 Å². The van der Waals surface area contributed by atoms with Gasteiger partial charge in [-0.25, -0.2) is 9.18 Å². The van der Waals surface area contributed by atoms with Gasteiger partial charge in [0.1, 0.15) is 11.6 Å². The van der Waals surface area contributed by atoms with Crippen molar-refractivity contribution in [2.45, 2.75) is 50.7 Å². The summed E-state index contributed by atoms with van der Waals surface area (Å²) in [6.45, 7) is 3.20. The SMILES string of the molecule is Cc1nnc(C2CCCN2C(=O)NC2(c3cccc(F)c3)CC2)n1Cc1ccc(Cl)cc1. The van der Waals surface area contributed by atoms with Crippen LogP contribution in [0.1, 0.15) is 54.5 Å². The molecular weight excluding hydrogens is 429 g/mol. The Morgan fingerprint density at radius 3 is 2.72 bits per heavy atom. The Balaban J connectivity index is 1.36. The Labute approximate surface area is 191 Å². The van der Waals surface area contributed by atoms with Crippen LogP contribution in [0.25, 0.3) is 0 Å². The lowest BCUT2D eigenvalue weighted by Crippen LogP contribution is -2.45. The number of nitrogens with zero attached hydrogens (tertiary/aromatic N) is 4. The molecule has 166 valence electrons. The molecule has 2 aliphatic rings. The Morgan fingerprint density at radius 2 is 2.00 bits per heavy atom. The molecule has 8 heteroatoms. The molecule has 1 saturated heterocycles. The third-order valence-corrected chi connectivity index (χ3v) is 6.76. The number of aryl methyl sites for hydroxylation is 1. The smallest absolute Gasteiger partial charge is 0.318 e. The molecule has 5 rings (SSSR count). The van der Waals surface area contributed by atoms with Crippen LogP contribution in [0, 0.1) is 12.7 Å². The quantitative estimate of drug-likeness (QED) is 0.593. The first-order valence-corrected chi connectivity index (χ1v) is 11.3. The number of nitrogens with one attached hydrogen (secondary N) is 1. The molecule has 2 fully saturated rings. The molecule has 0 radical (unpaired) electrons. The van der Waals surface area contributed by atoms with Gasteiger partial charge in [-0.15, -0.1) is 10.2 Å². The van der Waals surface area contributed by atoms with Crippen molar-refractivity contribution in [3.8, 4) is 0 Å². The van der Waals surface area contributed by atoms with E-state index in [1.165, 1.54) is 12.1 Å². The highest BCUT2D eigenvalue weighted by Crippen LogP contribution is 2.46. The van der Waals surface area contributed by atoms with Crippen molar-refractivity contribution in [1.29, 1.82) is 0 Å². The van der Waals surface area contributed by atoms with Gasteiger partial charge in [-0.1, -0.05) is 35.9 Å². The number of benzene rings is 2. The summed E-state index contributed by atoms with van der Waals surface area (Å²) in [5, 5.41) is 12.6. The van der Waals surface area contributed by atoms with Crippen molar-refractivity contribution >= 4 is 17.6 Å². The average molecular weight is 454 g/mol. The van der Waals surface area contributed by atoms with Crippen molar-refractivity contribution in [3.05, 3.63) is 82.1 Å². The summed E-state index contributed by atoms with van der Waals surface area (Å²) in [6, 6.07) is 13.9. The molecule has 1 unspecified atom stereocenters. The zero-order valence-electron chi connectivity index (χ0n) is 17.9. The Hall–Kier alpha value is -2.93. The molecule has 1 N–H and O–H groups in total. The zero-order chi connectivity index (χ0) is 22.3. The second-order valence-corrected chi connectivity index (χ2v) is 9.13. The first kappa shape index (κ1) is 20.9. The van der Waals surface area contributed by atoms with Gasteiger partial charge in [-0.2, -0.15) is 0 Å². The van der Waals surface area contributed by atoms with Gasteiger partial charge in [0, 0.05) is 11.6 Å². The maximum atomic E-state index is 13.7. The van der Waals surface area contributed by atoms with Crippen LogP contribution in [0.3, 0.4) is 0 Å². The lowest BCUT2D eigenvalue weighted by molar-refractivity contribution is 0.184. The van der Waals surface area contributed by atoms with Gasteiger partial charge in [0.25, 0.3) is 0 Å². The first-order chi connectivity index (χ1) is 15.4. The number of hydrogen-bond acceptors (Lipinski definition) is 3. The monoisotopic (exact) mass is 453 g/mol. The van der Waals surface area contributed by atoms with Crippen LogP contribution in [0.15, 0.2) is 48.5 Å². The minimum Gasteiger partial charge on any atom is -0.328 e. The third-order valence-electron chi connectivity index (χ3n) is 6.50. The third kappa shape index (κ3) is 3.97. The number of aromatic nitrogens is 3. The van der Waals surface area contributed by atoms with Crippen molar-refractivity contribution in [1.82, 2.24) is 25.0 Å². The molecule has 2 heterocycles. The first-order valence-electron chi connectivity index (χ1n) is 10.9. The number of halogens is 2. The van der Waals surface area contributed by atoms with E-state index in [4.69, 9.17) is 11.6 Å². The highest BCUT2D eigenvalue weighted by Gasteiger charge is 2.47. The molecular formula is C24H25ClFN5O. The Kier molecular flexibility index (Phi) is 5.37. The van der Waals surface area contributed by atoms with Crippen molar-refractivity contribution in [3.63, 3.8) is 0 Å². The highest BCUT2D eigenvalue weighted by molar-refractivity contribution is 6.30. The number of hydrogen-bond donors (Lipinski definition) is 1. The Morgan fingerprint density at radius 1 is 1.22 bits per heavy atom. The van der Waals surface area contributed by atoms with E-state index in [0.717, 1.165) is 48.5 Å². The minimum absolute atomic E-state index is 0.132. The van der Waals surface area contributed by atoms with Gasteiger partial charge < -0.3 is 14.8 Å². The maximum Gasteiger partial charge on any atom is 0.318 e. The molecule has 1 aliphatic heterocycles. The number of rotatable bonds is 5. The predicted octanol–water partition coefficient (Wildman–Crippen LogP) is 4.96. The van der Waals surface area contributed by atoms with Gasteiger partial charge in [-0.3, -0.25) is 0 Å². The van der Waals surface area contributed by atoms with Crippen LogP contribution >= 0.6 is 11.6 Å². The molecule has 6 nitrogen and oxygen atoms in total. The molecule has 32 heavy (non-hydrogen) atoms. The van der Waals surface area contributed by atoms with E-state index in [0.29, 0.717) is 18.1 Å². The minimum atomic E-state index is -0.473. The van der Waals surface area contributed by atoms with Crippen LogP contribution in [-0.2, 0) is 12.1 Å². The summed E-state index contributed by atoms with van der Waals surface area (Å²) in [4.78, 5) is 15.2. The lowest BCUT2D eigenvalue weighted by atomic mass is 10.1. The number of likely N-dealkylation sites (tertiary alicyclic amines) is 1. The van der Waals surface area contributed by atoms with Gasteiger partial charge >= 0.3 is 6.03 Å². The fraction of sp³-hybridized carbons (Fsp3) is 0.375. The van der Waals surface area contributed by atoms with Crippen molar-refractivity contribution in [2.75, 3.05) is 6.54 Å². The number of carbonyl (C=O) groups is 1. The normalized spacial score (nSPS) is 19.2. The largest absolute Gasteiger partial charge is 0.328 e. The fourth-order valence-corrected chi connectivity index (χ4v) is 4.69. The number of carbonyl (C=O) groups excluding carboxylic acids is 1. The summed E-state index contributed by atoms with van der Waals surface area (Å²) in [7, 11) is 0. The summed E-state index contributed by atoms with van der Waals surface area (Å²) < 4.78 is 15.8. The summed E-state index contributed by atoms with van der Waals surface area (Å²) >= 11 is 6.02. The molecule has 1 atom stereocenters. The number of amides is 2. The van der Waals surface area contributed by atoms with Crippen LogP contribution in [0.4, 0.5) is 9.18 Å². The summed E-state index contributed by atoms with van der Waals surface area (Å²) in [5.41, 5.74) is 1.44. The summed E-state index contributed by atoms with van der Waals surface area (Å²) in [6.07, 6.45) is 3.36. The molecule has 3 aromatic rings. The second-order valence-electron chi connectivity index (χ2n) is 8.69. The van der Waals surface area contributed by atoms with E-state index in [9.17, 15) is 9.18 Å². The topological polar surface area (TPSA) is 63.1 Å².